The number of hydrogen-bond donors (Lipinski definition) is 0. The zero-order valence-corrected chi connectivity index (χ0v) is 11.2. The molecule has 0 radical (unpaired) electrons. The fraction of sp³-hybridized carbons (Fsp3) is 0.462. The van der Waals surface area contributed by atoms with Crippen LogP contribution in [0, 0.1) is 10.1 Å². The number of benzene rings is 1. The van der Waals surface area contributed by atoms with Crippen LogP contribution in [0.2, 0.25) is 0 Å². The maximum atomic E-state index is 11.6. The van der Waals surface area contributed by atoms with Crippen LogP contribution in [0.5, 0.6) is 5.75 Å². The summed E-state index contributed by atoms with van der Waals surface area (Å²) in [6.07, 6.45) is -0.784. The third kappa shape index (κ3) is 4.33. The van der Waals surface area contributed by atoms with Gasteiger partial charge in [-0.2, -0.15) is 0 Å². The van der Waals surface area contributed by atoms with Crippen LogP contribution in [0.1, 0.15) is 25.5 Å². The van der Waals surface area contributed by atoms with E-state index >= 15 is 0 Å². The van der Waals surface area contributed by atoms with Gasteiger partial charge in [-0.25, -0.2) is 0 Å². The van der Waals surface area contributed by atoms with Crippen molar-refractivity contribution in [2.45, 2.75) is 26.0 Å². The average Bonchev–Trinajstić information content (AvgIpc) is 2.38. The van der Waals surface area contributed by atoms with Gasteiger partial charge in [0.05, 0.1) is 7.11 Å². The van der Waals surface area contributed by atoms with Gasteiger partial charge in [0.15, 0.2) is 5.78 Å². The molecule has 0 fully saturated rings. The van der Waals surface area contributed by atoms with Crippen LogP contribution in [0.4, 0.5) is 0 Å². The minimum Gasteiger partial charge on any atom is -0.497 e. The van der Waals surface area contributed by atoms with E-state index in [0.717, 1.165) is 0 Å². The summed E-state index contributed by atoms with van der Waals surface area (Å²) in [6.45, 7) is 2.72. The molecule has 1 aromatic rings. The highest BCUT2D eigenvalue weighted by Crippen LogP contribution is 2.21. The maximum Gasteiger partial charge on any atom is 0.233 e. The van der Waals surface area contributed by atoms with Crippen LogP contribution in [0.15, 0.2) is 24.3 Å². The molecule has 0 spiro atoms. The van der Waals surface area contributed by atoms with Gasteiger partial charge in [0.2, 0.25) is 6.04 Å². The van der Waals surface area contributed by atoms with Crippen molar-refractivity contribution in [2.75, 3.05) is 13.7 Å². The van der Waals surface area contributed by atoms with Crippen LogP contribution in [-0.4, -0.2) is 30.5 Å². The van der Waals surface area contributed by atoms with Gasteiger partial charge in [-0.15, -0.1) is 0 Å². The van der Waals surface area contributed by atoms with Gasteiger partial charge in [0, 0.05) is 11.8 Å². The molecule has 0 aliphatic heterocycles. The number of carbonyl (C=O) groups excluding carboxylic acids is 1. The Hall–Kier alpha value is -1.95. The van der Waals surface area contributed by atoms with Gasteiger partial charge >= 0.3 is 0 Å². The average molecular weight is 267 g/mol. The van der Waals surface area contributed by atoms with Crippen molar-refractivity contribution in [3.05, 3.63) is 39.9 Å². The zero-order valence-electron chi connectivity index (χ0n) is 11.2. The molecule has 19 heavy (non-hydrogen) atoms. The van der Waals surface area contributed by atoms with Crippen LogP contribution in [0.3, 0.4) is 0 Å². The van der Waals surface area contributed by atoms with Crippen LogP contribution in [-0.2, 0) is 9.53 Å². The summed E-state index contributed by atoms with van der Waals surface area (Å²) in [5.74, 6) is 0.477. The normalized spacial score (nSPS) is 13.6. The second-order valence-corrected chi connectivity index (χ2v) is 4.23. The lowest BCUT2D eigenvalue weighted by molar-refractivity contribution is -0.522. The zero-order chi connectivity index (χ0) is 14.4. The summed E-state index contributed by atoms with van der Waals surface area (Å²) in [4.78, 5) is 21.6. The molecule has 1 rings (SSSR count). The van der Waals surface area contributed by atoms with E-state index in [1.807, 2.05) is 0 Å². The molecule has 0 aliphatic carbocycles. The number of Topliss-reactive ketones (excluding diaryl/α,β-unsaturated/α-hetero) is 1. The van der Waals surface area contributed by atoms with Crippen LogP contribution >= 0.6 is 0 Å². The molecule has 6 nitrogen and oxygen atoms in total. The van der Waals surface area contributed by atoms with E-state index in [0.29, 0.717) is 11.3 Å². The Labute approximate surface area is 111 Å². The highest BCUT2D eigenvalue weighted by molar-refractivity contribution is 5.81. The van der Waals surface area contributed by atoms with Crippen molar-refractivity contribution in [1.29, 1.82) is 0 Å². The van der Waals surface area contributed by atoms with Crippen LogP contribution < -0.4 is 4.74 Å². The number of hydrogen-bond acceptors (Lipinski definition) is 5. The molecule has 2 atom stereocenters. The lowest BCUT2D eigenvalue weighted by Gasteiger charge is -2.16. The Kier molecular flexibility index (Phi) is 5.44. The number of nitrogens with zero attached hydrogens (tertiary/aromatic N) is 1. The first kappa shape index (κ1) is 15.1. The van der Waals surface area contributed by atoms with Gasteiger partial charge in [-0.05, 0) is 24.6 Å². The molecule has 0 amide bonds. The minimum atomic E-state index is -0.847. The smallest absolute Gasteiger partial charge is 0.233 e. The number of carbonyl (C=O) groups is 1. The molecule has 0 aliphatic rings. The number of nitro groups is 1. The molecule has 6 heteroatoms. The number of methoxy groups -OCH3 is 1. The molecule has 0 N–H and O–H groups in total. The fourth-order valence-electron chi connectivity index (χ4n) is 1.52. The number of rotatable bonds is 7. The summed E-state index contributed by atoms with van der Waals surface area (Å²) in [7, 11) is 1.55. The Morgan fingerprint density at radius 1 is 1.37 bits per heavy atom. The molecule has 2 unspecified atom stereocenters. The summed E-state index contributed by atoms with van der Waals surface area (Å²) in [5.41, 5.74) is 0.656. The molecule has 0 saturated carbocycles. The van der Waals surface area contributed by atoms with E-state index in [2.05, 4.69) is 0 Å². The molecular formula is C13H17NO5. The Balaban J connectivity index is 2.76. The van der Waals surface area contributed by atoms with Gasteiger partial charge in [0.1, 0.15) is 18.5 Å². The first-order valence-corrected chi connectivity index (χ1v) is 5.85. The van der Waals surface area contributed by atoms with Gasteiger partial charge in [-0.3, -0.25) is 14.9 Å². The molecule has 0 aromatic heterocycles. The summed E-state index contributed by atoms with van der Waals surface area (Å²) in [6, 6.07) is 6.00. The summed E-state index contributed by atoms with van der Waals surface area (Å²) < 4.78 is 10.4. The second kappa shape index (κ2) is 6.84. The number of ketones is 1. The quantitative estimate of drug-likeness (QED) is 0.557. The predicted octanol–water partition coefficient (Wildman–Crippen LogP) is 2.01. The van der Waals surface area contributed by atoms with Crippen molar-refractivity contribution in [1.82, 2.24) is 0 Å². The Morgan fingerprint density at radius 3 is 2.37 bits per heavy atom. The van der Waals surface area contributed by atoms with Crippen molar-refractivity contribution in [3.8, 4) is 5.75 Å². The third-order valence-electron chi connectivity index (χ3n) is 2.65. The SMILES string of the molecule is COc1ccc(C(OCC(C)[N+](=O)[O-])C(C)=O)cc1. The maximum absolute atomic E-state index is 11.6. The van der Waals surface area contributed by atoms with Crippen molar-refractivity contribution in [2.24, 2.45) is 0 Å². The molecule has 0 bridgehead atoms. The van der Waals surface area contributed by atoms with Gasteiger partial charge in [0.25, 0.3) is 0 Å². The first-order valence-electron chi connectivity index (χ1n) is 5.85. The van der Waals surface area contributed by atoms with E-state index in [4.69, 9.17) is 9.47 Å². The highest BCUT2D eigenvalue weighted by atomic mass is 16.6. The monoisotopic (exact) mass is 267 g/mol. The van der Waals surface area contributed by atoms with E-state index < -0.39 is 17.1 Å². The summed E-state index contributed by atoms with van der Waals surface area (Å²) in [5, 5.41) is 10.5. The van der Waals surface area contributed by atoms with E-state index in [9.17, 15) is 14.9 Å². The van der Waals surface area contributed by atoms with Gasteiger partial charge < -0.3 is 9.47 Å². The minimum absolute atomic E-state index is 0.108. The van der Waals surface area contributed by atoms with E-state index in [1.54, 1.807) is 31.4 Å². The lowest BCUT2D eigenvalue weighted by atomic mass is 10.1. The van der Waals surface area contributed by atoms with Crippen molar-refractivity contribution < 1.29 is 19.2 Å². The molecule has 0 saturated heterocycles. The van der Waals surface area contributed by atoms with E-state index in [1.165, 1.54) is 13.8 Å². The standard InChI is InChI=1S/C13H17NO5/c1-9(14(16)17)8-19-13(10(2)15)11-4-6-12(18-3)7-5-11/h4-7,9,13H,8H2,1-3H3. The van der Waals surface area contributed by atoms with Crippen molar-refractivity contribution in [3.63, 3.8) is 0 Å². The third-order valence-corrected chi connectivity index (χ3v) is 2.65. The fourth-order valence-corrected chi connectivity index (χ4v) is 1.52. The van der Waals surface area contributed by atoms with Crippen molar-refractivity contribution >= 4 is 5.78 Å². The molecule has 104 valence electrons. The van der Waals surface area contributed by atoms with E-state index in [-0.39, 0.29) is 12.4 Å². The van der Waals surface area contributed by atoms with Crippen LogP contribution in [0.25, 0.3) is 0 Å². The predicted molar refractivity (Wildman–Crippen MR) is 68.8 cm³/mol. The van der Waals surface area contributed by atoms with Gasteiger partial charge in [-0.1, -0.05) is 12.1 Å². The molecule has 1 aromatic carbocycles. The summed E-state index contributed by atoms with van der Waals surface area (Å²) >= 11 is 0. The number of ether oxygens (including phenoxy) is 2. The first-order chi connectivity index (χ1) is 8.95. The largest absolute Gasteiger partial charge is 0.497 e. The Bertz CT molecular complexity index is 443. The topological polar surface area (TPSA) is 78.7 Å². The Morgan fingerprint density at radius 2 is 1.95 bits per heavy atom. The molecule has 0 heterocycles. The second-order valence-electron chi connectivity index (χ2n) is 4.23. The highest BCUT2D eigenvalue weighted by Gasteiger charge is 2.21. The lowest BCUT2D eigenvalue weighted by Crippen LogP contribution is -2.25. The molecular weight excluding hydrogens is 250 g/mol.